The molecule has 1 amide bonds. The highest BCUT2D eigenvalue weighted by atomic mass is 35.5. The van der Waals surface area contributed by atoms with Gasteiger partial charge in [0.2, 0.25) is 5.91 Å². The number of nitrogens with one attached hydrogen (secondary N) is 2. The third-order valence-corrected chi connectivity index (χ3v) is 5.19. The van der Waals surface area contributed by atoms with Gasteiger partial charge < -0.3 is 15.7 Å². The molecule has 1 aromatic rings. The molecule has 2 aliphatic heterocycles. The normalized spacial score (nSPS) is 21.3. The molecule has 0 aromatic heterocycles. The van der Waals surface area contributed by atoms with Crippen LogP contribution < -0.4 is 10.6 Å². The molecular weight excluding hydrogens is 373 g/mol. The summed E-state index contributed by atoms with van der Waals surface area (Å²) in [5, 5.41) is 15.6. The fourth-order valence-corrected chi connectivity index (χ4v) is 3.64. The van der Waals surface area contributed by atoms with Gasteiger partial charge in [0.1, 0.15) is 0 Å². The number of aliphatic hydroxyl groups is 1. The molecule has 26 heavy (non-hydrogen) atoms. The second-order valence-electron chi connectivity index (χ2n) is 7.09. The molecule has 0 aliphatic carbocycles. The molecule has 2 saturated heterocycles. The van der Waals surface area contributed by atoms with Crippen molar-refractivity contribution in [2.75, 3.05) is 31.6 Å². The number of rotatable bonds is 5. The fourth-order valence-electron chi connectivity index (χ4n) is 3.64. The second-order valence-corrected chi connectivity index (χ2v) is 7.09. The summed E-state index contributed by atoms with van der Waals surface area (Å²) < 4.78 is 0. The van der Waals surface area contributed by atoms with E-state index in [1.54, 1.807) is 0 Å². The number of aliphatic hydroxyl groups excluding tert-OH is 1. The first-order chi connectivity index (χ1) is 11.7. The Balaban J connectivity index is 0.00000169. The highest BCUT2D eigenvalue weighted by Crippen LogP contribution is 2.20. The molecule has 7 heteroatoms. The number of benzene rings is 1. The Morgan fingerprint density at radius 1 is 1.19 bits per heavy atom. The number of piperidine rings is 2. The van der Waals surface area contributed by atoms with Crippen LogP contribution in [0.25, 0.3) is 0 Å². The van der Waals surface area contributed by atoms with Gasteiger partial charge >= 0.3 is 0 Å². The molecule has 5 nitrogen and oxygen atoms in total. The van der Waals surface area contributed by atoms with Crippen molar-refractivity contribution in [2.24, 2.45) is 5.92 Å². The van der Waals surface area contributed by atoms with Crippen LogP contribution in [0.5, 0.6) is 0 Å². The van der Waals surface area contributed by atoms with Crippen LogP contribution in [-0.4, -0.2) is 48.2 Å². The van der Waals surface area contributed by atoms with E-state index in [-0.39, 0.29) is 36.8 Å². The first-order valence-corrected chi connectivity index (χ1v) is 9.21. The molecular formula is C19H31Cl2N3O2. The molecule has 0 saturated carbocycles. The highest BCUT2D eigenvalue weighted by molar-refractivity contribution is 5.94. The standard InChI is InChI=1S/C19H29N3O2.2ClH/c23-14-15-7-10-22(11-8-15)13-16-4-3-5-17(12-16)21-19(24)18-6-1-2-9-20-18;;/h3-5,12,15,18,20,23H,1-2,6-11,13-14H2,(H,21,24);2*1H. The molecule has 1 atom stereocenters. The number of hydrogen-bond donors (Lipinski definition) is 3. The molecule has 1 unspecified atom stereocenters. The average molecular weight is 404 g/mol. The minimum Gasteiger partial charge on any atom is -0.396 e. The number of nitrogens with zero attached hydrogens (tertiary/aromatic N) is 1. The number of likely N-dealkylation sites (tertiary alicyclic amines) is 1. The number of carbonyl (C=O) groups is 1. The van der Waals surface area contributed by atoms with E-state index in [4.69, 9.17) is 0 Å². The van der Waals surface area contributed by atoms with Gasteiger partial charge in [0.15, 0.2) is 0 Å². The lowest BCUT2D eigenvalue weighted by molar-refractivity contribution is -0.118. The van der Waals surface area contributed by atoms with E-state index >= 15 is 0 Å². The number of hydrogen-bond acceptors (Lipinski definition) is 4. The molecule has 2 heterocycles. The molecule has 2 fully saturated rings. The summed E-state index contributed by atoms with van der Waals surface area (Å²) in [7, 11) is 0. The van der Waals surface area contributed by atoms with Crippen LogP contribution in [-0.2, 0) is 11.3 Å². The highest BCUT2D eigenvalue weighted by Gasteiger charge is 2.21. The maximum absolute atomic E-state index is 12.3. The number of amides is 1. The first-order valence-electron chi connectivity index (χ1n) is 9.21. The number of carbonyl (C=O) groups excluding carboxylic acids is 1. The fraction of sp³-hybridized carbons (Fsp3) is 0.632. The van der Waals surface area contributed by atoms with Gasteiger partial charge in [-0.15, -0.1) is 24.8 Å². The zero-order chi connectivity index (χ0) is 16.8. The average Bonchev–Trinajstić information content (AvgIpc) is 2.63. The summed E-state index contributed by atoms with van der Waals surface area (Å²) in [5.41, 5.74) is 2.11. The van der Waals surface area contributed by atoms with Gasteiger partial charge in [-0.2, -0.15) is 0 Å². The molecule has 0 radical (unpaired) electrons. The van der Waals surface area contributed by atoms with Crippen LogP contribution in [0.2, 0.25) is 0 Å². The number of halogens is 2. The Kier molecular flexibility index (Phi) is 10.5. The molecule has 2 aliphatic rings. The lowest BCUT2D eigenvalue weighted by Crippen LogP contribution is -2.43. The van der Waals surface area contributed by atoms with Crippen molar-refractivity contribution in [2.45, 2.75) is 44.7 Å². The SMILES string of the molecule is Cl.Cl.O=C(Nc1cccc(CN2CCC(CO)CC2)c1)C1CCCCN1. The Morgan fingerprint density at radius 2 is 1.96 bits per heavy atom. The van der Waals surface area contributed by atoms with Crippen molar-refractivity contribution < 1.29 is 9.90 Å². The largest absolute Gasteiger partial charge is 0.396 e. The van der Waals surface area contributed by atoms with Crippen molar-refractivity contribution in [3.63, 3.8) is 0 Å². The lowest BCUT2D eigenvalue weighted by Gasteiger charge is -2.31. The summed E-state index contributed by atoms with van der Waals surface area (Å²) in [6.07, 6.45) is 5.34. The van der Waals surface area contributed by atoms with E-state index in [0.717, 1.165) is 64.0 Å². The first kappa shape index (κ1) is 23.2. The second kappa shape index (κ2) is 11.8. The Labute approximate surface area is 168 Å². The van der Waals surface area contributed by atoms with Crippen molar-refractivity contribution in [3.8, 4) is 0 Å². The van der Waals surface area contributed by atoms with Crippen LogP contribution in [0.1, 0.15) is 37.7 Å². The van der Waals surface area contributed by atoms with E-state index < -0.39 is 0 Å². The molecule has 148 valence electrons. The summed E-state index contributed by atoms with van der Waals surface area (Å²) in [5.74, 6) is 0.547. The van der Waals surface area contributed by atoms with Crippen molar-refractivity contribution in [1.29, 1.82) is 0 Å². The summed E-state index contributed by atoms with van der Waals surface area (Å²) >= 11 is 0. The number of anilines is 1. The van der Waals surface area contributed by atoms with Gasteiger partial charge in [-0.25, -0.2) is 0 Å². The third-order valence-electron chi connectivity index (χ3n) is 5.19. The predicted octanol–water partition coefficient (Wildman–Crippen LogP) is 2.82. The van der Waals surface area contributed by atoms with Gasteiger partial charge in [-0.3, -0.25) is 9.69 Å². The quantitative estimate of drug-likeness (QED) is 0.706. The smallest absolute Gasteiger partial charge is 0.241 e. The molecule has 3 rings (SSSR count). The van der Waals surface area contributed by atoms with E-state index in [9.17, 15) is 9.90 Å². The van der Waals surface area contributed by atoms with Crippen LogP contribution in [0.4, 0.5) is 5.69 Å². The monoisotopic (exact) mass is 403 g/mol. The van der Waals surface area contributed by atoms with Crippen molar-refractivity contribution in [3.05, 3.63) is 29.8 Å². The topological polar surface area (TPSA) is 64.6 Å². The van der Waals surface area contributed by atoms with Gasteiger partial charge in [-0.1, -0.05) is 18.6 Å². The Morgan fingerprint density at radius 3 is 2.62 bits per heavy atom. The van der Waals surface area contributed by atoms with E-state index in [2.05, 4.69) is 27.7 Å². The van der Waals surface area contributed by atoms with Gasteiger partial charge in [0.25, 0.3) is 0 Å². The molecule has 0 bridgehead atoms. The minimum atomic E-state index is -0.0556. The van der Waals surface area contributed by atoms with Gasteiger partial charge in [-0.05, 0) is 68.9 Å². The lowest BCUT2D eigenvalue weighted by atomic mass is 9.97. The summed E-state index contributed by atoms with van der Waals surface area (Å²) in [6, 6.07) is 8.12. The van der Waals surface area contributed by atoms with Crippen LogP contribution in [0, 0.1) is 5.92 Å². The van der Waals surface area contributed by atoms with Crippen LogP contribution in [0.3, 0.4) is 0 Å². The maximum atomic E-state index is 12.3. The predicted molar refractivity (Wildman–Crippen MR) is 110 cm³/mol. The van der Waals surface area contributed by atoms with E-state index in [1.807, 2.05) is 12.1 Å². The van der Waals surface area contributed by atoms with Crippen molar-refractivity contribution >= 4 is 36.4 Å². The van der Waals surface area contributed by atoms with Gasteiger partial charge in [0.05, 0.1) is 6.04 Å². The van der Waals surface area contributed by atoms with E-state index in [0.29, 0.717) is 12.5 Å². The third kappa shape index (κ3) is 6.71. The molecule has 0 spiro atoms. The molecule has 3 N–H and O–H groups in total. The van der Waals surface area contributed by atoms with Crippen molar-refractivity contribution in [1.82, 2.24) is 10.2 Å². The minimum absolute atomic E-state index is 0. The Bertz CT molecular complexity index is 545. The molecule has 1 aromatic carbocycles. The van der Waals surface area contributed by atoms with E-state index in [1.165, 1.54) is 5.56 Å². The zero-order valence-electron chi connectivity index (χ0n) is 15.2. The van der Waals surface area contributed by atoms with Gasteiger partial charge in [0, 0.05) is 18.8 Å². The zero-order valence-corrected chi connectivity index (χ0v) is 16.8. The van der Waals surface area contributed by atoms with Crippen LogP contribution >= 0.6 is 24.8 Å². The Hall–Kier alpha value is -0.850. The summed E-state index contributed by atoms with van der Waals surface area (Å²) in [4.78, 5) is 14.8. The maximum Gasteiger partial charge on any atom is 0.241 e. The summed E-state index contributed by atoms with van der Waals surface area (Å²) in [6.45, 7) is 4.22. The van der Waals surface area contributed by atoms with Crippen LogP contribution in [0.15, 0.2) is 24.3 Å².